The Hall–Kier alpha value is -2.30. The van der Waals surface area contributed by atoms with Crippen molar-refractivity contribution in [3.63, 3.8) is 0 Å². The number of fused-ring (bicyclic) bond motifs is 1. The van der Waals surface area contributed by atoms with Crippen LogP contribution in [0.15, 0.2) is 23.6 Å². The first kappa shape index (κ1) is 18.1. The summed E-state index contributed by atoms with van der Waals surface area (Å²) in [5.74, 6) is -0.0944. The Morgan fingerprint density at radius 2 is 2.00 bits per heavy atom. The fourth-order valence-corrected chi connectivity index (χ4v) is 4.35. The molecule has 1 aliphatic heterocycles. The summed E-state index contributed by atoms with van der Waals surface area (Å²) in [7, 11) is 0. The van der Waals surface area contributed by atoms with E-state index in [9.17, 15) is 8.78 Å². The van der Waals surface area contributed by atoms with Crippen LogP contribution in [0.25, 0.3) is 21.6 Å². The highest BCUT2D eigenvalue weighted by Gasteiger charge is 2.24. The lowest BCUT2D eigenvalue weighted by Crippen LogP contribution is -2.34. The number of hydrogen-bond acceptors (Lipinski definition) is 5. The van der Waals surface area contributed by atoms with E-state index in [-0.39, 0.29) is 16.4 Å². The summed E-state index contributed by atoms with van der Waals surface area (Å²) in [4.78, 5) is 11.1. The van der Waals surface area contributed by atoms with E-state index in [1.54, 1.807) is 0 Å². The van der Waals surface area contributed by atoms with E-state index in [1.807, 2.05) is 11.4 Å². The molecule has 0 amide bonds. The summed E-state index contributed by atoms with van der Waals surface area (Å²) in [5, 5.41) is 10.5. The molecule has 4 rings (SSSR count). The fourth-order valence-electron chi connectivity index (χ4n) is 3.35. The van der Waals surface area contributed by atoms with Gasteiger partial charge >= 0.3 is 0 Å². The second-order valence-electron chi connectivity index (χ2n) is 6.54. The minimum absolute atomic E-state index is 0.00869. The molecule has 0 unspecified atom stereocenters. The molecule has 1 fully saturated rings. The second kappa shape index (κ2) is 7.37. The number of nitrogens with zero attached hydrogens (tertiary/aromatic N) is 4. The van der Waals surface area contributed by atoms with Gasteiger partial charge in [0.15, 0.2) is 11.6 Å². The number of nitriles is 1. The van der Waals surface area contributed by atoms with Gasteiger partial charge in [-0.1, -0.05) is 11.6 Å². The van der Waals surface area contributed by atoms with Gasteiger partial charge in [-0.2, -0.15) is 5.26 Å². The van der Waals surface area contributed by atoms with Crippen LogP contribution in [0, 0.1) is 28.9 Å². The molecule has 3 aromatic rings. The maximum atomic E-state index is 14.4. The van der Waals surface area contributed by atoms with Crippen molar-refractivity contribution < 1.29 is 8.78 Å². The number of hydrogen-bond donors (Lipinski definition) is 0. The predicted molar refractivity (Wildman–Crippen MR) is 103 cm³/mol. The molecule has 1 aromatic carbocycles. The van der Waals surface area contributed by atoms with E-state index < -0.39 is 11.6 Å². The minimum Gasteiger partial charge on any atom is -0.355 e. The van der Waals surface area contributed by atoms with E-state index >= 15 is 0 Å². The van der Waals surface area contributed by atoms with E-state index in [1.165, 1.54) is 11.3 Å². The van der Waals surface area contributed by atoms with E-state index in [0.29, 0.717) is 17.9 Å². The molecule has 0 atom stereocenters. The minimum atomic E-state index is -0.707. The van der Waals surface area contributed by atoms with Gasteiger partial charge in [-0.25, -0.2) is 18.7 Å². The van der Waals surface area contributed by atoms with Gasteiger partial charge in [0.1, 0.15) is 11.6 Å². The lowest BCUT2D eigenvalue weighted by molar-refractivity contribution is 0.412. The standard InChI is InChI=1S/C19H15ClF2N4S/c20-13-10-14(21)12(9-15(13)22)18-24-16-4-8-27-17(16)19(25-18)26-6-2-11(1-5-23)3-7-26/h4,8-11H,1-3,6-7H2. The zero-order valence-electron chi connectivity index (χ0n) is 14.3. The Bertz CT molecular complexity index is 1040. The third-order valence-corrected chi connectivity index (χ3v) is 6.02. The highest BCUT2D eigenvalue weighted by Crippen LogP contribution is 2.35. The molecule has 0 bridgehead atoms. The van der Waals surface area contributed by atoms with Crippen LogP contribution in [0.3, 0.4) is 0 Å². The van der Waals surface area contributed by atoms with Crippen LogP contribution in [0.1, 0.15) is 19.3 Å². The smallest absolute Gasteiger partial charge is 0.165 e. The Morgan fingerprint density at radius 1 is 1.22 bits per heavy atom. The van der Waals surface area contributed by atoms with Crippen LogP contribution < -0.4 is 4.90 Å². The molecule has 138 valence electrons. The maximum Gasteiger partial charge on any atom is 0.165 e. The average Bonchev–Trinajstić information content (AvgIpc) is 3.13. The van der Waals surface area contributed by atoms with Crippen LogP contribution >= 0.6 is 22.9 Å². The van der Waals surface area contributed by atoms with Gasteiger partial charge in [-0.05, 0) is 42.3 Å². The first-order valence-corrected chi connectivity index (χ1v) is 9.84. The van der Waals surface area contributed by atoms with Crippen molar-refractivity contribution in [2.24, 2.45) is 5.92 Å². The topological polar surface area (TPSA) is 52.8 Å². The quantitative estimate of drug-likeness (QED) is 0.547. The van der Waals surface area contributed by atoms with Gasteiger partial charge in [0.25, 0.3) is 0 Å². The molecule has 27 heavy (non-hydrogen) atoms. The first-order chi connectivity index (χ1) is 13.1. The van der Waals surface area contributed by atoms with Crippen molar-refractivity contribution in [3.8, 4) is 17.5 Å². The molecule has 0 N–H and O–H groups in total. The Morgan fingerprint density at radius 3 is 2.74 bits per heavy atom. The van der Waals surface area contributed by atoms with Crippen LogP contribution in [0.5, 0.6) is 0 Å². The highest BCUT2D eigenvalue weighted by atomic mass is 35.5. The fraction of sp³-hybridized carbons (Fsp3) is 0.316. The van der Waals surface area contributed by atoms with Gasteiger partial charge < -0.3 is 4.90 Å². The monoisotopic (exact) mass is 404 g/mol. The normalized spacial score (nSPS) is 15.3. The Balaban J connectivity index is 1.75. The second-order valence-corrected chi connectivity index (χ2v) is 7.87. The largest absolute Gasteiger partial charge is 0.355 e. The number of halogens is 3. The third-order valence-electron chi connectivity index (χ3n) is 4.83. The van der Waals surface area contributed by atoms with Crippen molar-refractivity contribution in [3.05, 3.63) is 40.2 Å². The number of piperidine rings is 1. The number of aromatic nitrogens is 2. The summed E-state index contributed by atoms with van der Waals surface area (Å²) in [6, 6.07) is 6.06. The van der Waals surface area contributed by atoms with E-state index in [2.05, 4.69) is 20.9 Å². The number of anilines is 1. The molecule has 0 saturated carbocycles. The summed E-state index contributed by atoms with van der Waals surface area (Å²) in [5.41, 5.74) is 0.694. The Labute approximate surface area is 164 Å². The number of benzene rings is 1. The van der Waals surface area contributed by atoms with Crippen molar-refractivity contribution in [2.75, 3.05) is 18.0 Å². The molecular weight excluding hydrogens is 390 g/mol. The van der Waals surface area contributed by atoms with Crippen molar-refractivity contribution in [2.45, 2.75) is 19.3 Å². The summed E-state index contributed by atoms with van der Waals surface area (Å²) >= 11 is 7.18. The van der Waals surface area contributed by atoms with Crippen LogP contribution in [0.4, 0.5) is 14.6 Å². The third kappa shape index (κ3) is 3.47. The molecule has 0 radical (unpaired) electrons. The van der Waals surface area contributed by atoms with Gasteiger partial charge in [-0.15, -0.1) is 11.3 Å². The molecule has 8 heteroatoms. The zero-order chi connectivity index (χ0) is 19.0. The van der Waals surface area contributed by atoms with Crippen LogP contribution in [-0.2, 0) is 0 Å². The molecule has 2 aromatic heterocycles. The number of thiophene rings is 1. The van der Waals surface area contributed by atoms with Crippen LogP contribution in [0.2, 0.25) is 5.02 Å². The van der Waals surface area contributed by atoms with Crippen molar-refractivity contribution in [1.82, 2.24) is 9.97 Å². The summed E-state index contributed by atoms with van der Waals surface area (Å²) < 4.78 is 29.2. The predicted octanol–water partition coefficient (Wildman–Crippen LogP) is 5.42. The molecular formula is C19H15ClF2N4S. The highest BCUT2D eigenvalue weighted by molar-refractivity contribution is 7.17. The summed E-state index contributed by atoms with van der Waals surface area (Å²) in [6.45, 7) is 1.54. The number of rotatable bonds is 3. The molecule has 4 nitrogen and oxygen atoms in total. The lowest BCUT2D eigenvalue weighted by Gasteiger charge is -2.32. The van der Waals surface area contributed by atoms with Crippen molar-refractivity contribution in [1.29, 1.82) is 5.26 Å². The molecule has 3 heterocycles. The van der Waals surface area contributed by atoms with Gasteiger partial charge in [0, 0.05) is 19.5 Å². The van der Waals surface area contributed by atoms with E-state index in [4.69, 9.17) is 16.9 Å². The van der Waals surface area contributed by atoms with Gasteiger partial charge in [-0.3, -0.25) is 0 Å². The molecule has 0 spiro atoms. The van der Waals surface area contributed by atoms with Gasteiger partial charge in [0.05, 0.1) is 26.9 Å². The molecule has 1 saturated heterocycles. The Kier molecular flexibility index (Phi) is 4.94. The van der Waals surface area contributed by atoms with E-state index in [0.717, 1.165) is 48.6 Å². The lowest BCUT2D eigenvalue weighted by atomic mass is 9.94. The SMILES string of the molecule is N#CCC1CCN(c2nc(-c3cc(F)c(Cl)cc3F)nc3ccsc23)CC1. The average molecular weight is 405 g/mol. The zero-order valence-corrected chi connectivity index (χ0v) is 15.8. The van der Waals surface area contributed by atoms with Crippen molar-refractivity contribution >= 4 is 39.0 Å². The molecule has 0 aliphatic carbocycles. The maximum absolute atomic E-state index is 14.4. The summed E-state index contributed by atoms with van der Waals surface area (Å²) in [6.07, 6.45) is 2.37. The van der Waals surface area contributed by atoms with Crippen LogP contribution in [-0.4, -0.2) is 23.1 Å². The first-order valence-electron chi connectivity index (χ1n) is 8.59. The van der Waals surface area contributed by atoms with Gasteiger partial charge in [0.2, 0.25) is 0 Å². The molecule has 1 aliphatic rings.